The smallest absolute Gasteiger partial charge is 0.267 e. The Morgan fingerprint density at radius 2 is 1.25 bits per heavy atom. The molecule has 5 aromatic rings. The number of hydrogen-bond donors (Lipinski definition) is 5. The predicted molar refractivity (Wildman–Crippen MR) is 203 cm³/mol. The molecule has 0 heterocycles. The van der Waals surface area contributed by atoms with E-state index in [0.29, 0.717) is 18.8 Å². The molecule has 15 nitrogen and oxygen atoms in total. The zero-order valence-electron chi connectivity index (χ0n) is 30.5. The van der Waals surface area contributed by atoms with Gasteiger partial charge < -0.3 is 44.5 Å². The fourth-order valence-corrected chi connectivity index (χ4v) is 8.75. The standard InChI is InChI=1S/C39H42O15S/c1-19-14-24-23(4-13-55(48,49)54-12-11-53-10-9-52-8-7-51-6-5-40)37(46)31-25(44)15-21(17-41)28-29-22(18-42)16-26(45)32-34(29)35(30(24)33(28)31)36(27(19)20(2)43)39(50-3)38(32)47/h14-16,27,40-42,46-47H,4-13,17-18H2,1-3H3. The van der Waals surface area contributed by atoms with Gasteiger partial charge in [0.15, 0.2) is 22.4 Å². The Bertz CT molecular complexity index is 2550. The summed E-state index contributed by atoms with van der Waals surface area (Å²) in [5.41, 5.74) is -0.202. The van der Waals surface area contributed by atoms with Gasteiger partial charge in [0.1, 0.15) is 11.5 Å². The number of Topliss-reactive ketones (excluding diaryl/α,β-unsaturated/α-hetero) is 1. The topological polar surface area (TPSA) is 233 Å². The summed E-state index contributed by atoms with van der Waals surface area (Å²) < 4.78 is 53.0. The van der Waals surface area contributed by atoms with E-state index in [2.05, 4.69) is 0 Å². The van der Waals surface area contributed by atoms with Crippen molar-refractivity contribution in [3.8, 4) is 17.2 Å². The molecule has 0 aromatic heterocycles. The van der Waals surface area contributed by atoms with Crippen LogP contribution in [0.4, 0.5) is 0 Å². The molecule has 294 valence electrons. The van der Waals surface area contributed by atoms with Crippen LogP contribution < -0.4 is 15.6 Å². The third-order valence-electron chi connectivity index (χ3n) is 9.97. The van der Waals surface area contributed by atoms with Crippen LogP contribution in [-0.4, -0.2) is 105 Å². The van der Waals surface area contributed by atoms with Gasteiger partial charge in [-0.05, 0) is 70.6 Å². The molecule has 5 aromatic carbocycles. The third kappa shape index (κ3) is 7.08. The van der Waals surface area contributed by atoms with Crippen molar-refractivity contribution in [3.63, 3.8) is 0 Å². The van der Waals surface area contributed by atoms with Crippen molar-refractivity contribution in [1.82, 2.24) is 0 Å². The predicted octanol–water partition coefficient (Wildman–Crippen LogP) is 2.32. The molecule has 0 spiro atoms. The number of ketones is 1. The molecule has 16 heteroatoms. The fourth-order valence-electron chi connectivity index (χ4n) is 7.86. The second-order valence-corrected chi connectivity index (χ2v) is 15.0. The van der Waals surface area contributed by atoms with Gasteiger partial charge in [0.05, 0.1) is 95.6 Å². The first-order valence-electron chi connectivity index (χ1n) is 17.6. The minimum absolute atomic E-state index is 0.0460. The van der Waals surface area contributed by atoms with E-state index >= 15 is 0 Å². The Balaban J connectivity index is 1.51. The summed E-state index contributed by atoms with van der Waals surface area (Å²) in [6.45, 7) is 2.44. The molecule has 0 fully saturated rings. The van der Waals surface area contributed by atoms with Crippen LogP contribution >= 0.6 is 0 Å². The van der Waals surface area contributed by atoms with Crippen LogP contribution in [-0.2, 0) is 52.9 Å². The molecule has 6 rings (SSSR count). The molecular weight excluding hydrogens is 740 g/mol. The van der Waals surface area contributed by atoms with E-state index < -0.39 is 57.4 Å². The maximum absolute atomic E-state index is 13.9. The van der Waals surface area contributed by atoms with E-state index in [1.165, 1.54) is 14.0 Å². The molecule has 1 atom stereocenters. The Morgan fingerprint density at radius 3 is 1.78 bits per heavy atom. The van der Waals surface area contributed by atoms with Gasteiger partial charge >= 0.3 is 0 Å². The zero-order valence-corrected chi connectivity index (χ0v) is 31.3. The van der Waals surface area contributed by atoms with Crippen LogP contribution in [0.2, 0.25) is 0 Å². The van der Waals surface area contributed by atoms with Gasteiger partial charge in [-0.25, -0.2) is 0 Å². The molecule has 1 unspecified atom stereocenters. The van der Waals surface area contributed by atoms with Gasteiger partial charge in [0.25, 0.3) is 10.1 Å². The van der Waals surface area contributed by atoms with Crippen LogP contribution in [0, 0.1) is 0 Å². The number of carbonyl (C=O) groups is 1. The van der Waals surface area contributed by atoms with Gasteiger partial charge in [-0.15, -0.1) is 0 Å². The third-order valence-corrected chi connectivity index (χ3v) is 11.2. The lowest BCUT2D eigenvalue weighted by molar-refractivity contribution is -0.117. The van der Waals surface area contributed by atoms with Gasteiger partial charge in [-0.2, -0.15) is 8.42 Å². The number of methoxy groups -OCH3 is 1. The lowest BCUT2D eigenvalue weighted by atomic mass is 9.79. The number of allylic oxidation sites excluding steroid dienone is 1. The molecule has 1 aliphatic carbocycles. The quantitative estimate of drug-likeness (QED) is 0.0350. The molecule has 0 radical (unpaired) electrons. The number of benzene rings is 5. The highest BCUT2D eigenvalue weighted by molar-refractivity contribution is 7.86. The van der Waals surface area contributed by atoms with Crippen LogP contribution in [0.25, 0.3) is 49.2 Å². The average Bonchev–Trinajstić information content (AvgIpc) is 3.27. The first kappa shape index (κ1) is 40.2. The molecule has 5 N–H and O–H groups in total. The van der Waals surface area contributed by atoms with Crippen LogP contribution in [0.3, 0.4) is 0 Å². The highest BCUT2D eigenvalue weighted by Gasteiger charge is 2.37. The first-order valence-corrected chi connectivity index (χ1v) is 19.2. The van der Waals surface area contributed by atoms with E-state index in [9.17, 15) is 43.2 Å². The summed E-state index contributed by atoms with van der Waals surface area (Å²) in [4.78, 5) is 41.2. The monoisotopic (exact) mass is 782 g/mol. The maximum Gasteiger partial charge on any atom is 0.267 e. The highest BCUT2D eigenvalue weighted by Crippen LogP contribution is 2.56. The number of phenols is 2. The summed E-state index contributed by atoms with van der Waals surface area (Å²) in [7, 11) is -2.97. The Hall–Kier alpha value is -4.52. The number of aliphatic hydroxyl groups is 3. The SMILES string of the molecule is COc1c(O)c2c(=O)cc(CO)c3c4c(CO)cc(=O)c5c(O)c(CCS(=O)(=O)OCCOCCOCCOCCO)c6c(c(c1C(C(C)=O)C(C)=C6)c23)c54. The number of phenolic OH excluding ortho intramolecular Hbond substituents is 2. The Morgan fingerprint density at radius 1 is 0.727 bits per heavy atom. The molecule has 1 aliphatic rings. The molecule has 0 aliphatic heterocycles. The number of ether oxygens (including phenoxy) is 4. The second kappa shape index (κ2) is 16.3. The maximum atomic E-state index is 13.9. The average molecular weight is 783 g/mol. The summed E-state index contributed by atoms with van der Waals surface area (Å²) in [5, 5.41) is 54.4. The van der Waals surface area contributed by atoms with Crippen molar-refractivity contribution >= 4 is 65.1 Å². The Kier molecular flexibility index (Phi) is 11.9. The first-order chi connectivity index (χ1) is 26.3. The fraction of sp³-hybridized carbons (Fsp3) is 0.410. The summed E-state index contributed by atoms with van der Waals surface area (Å²) in [5.74, 6) is -3.28. The van der Waals surface area contributed by atoms with Crippen molar-refractivity contribution in [2.24, 2.45) is 0 Å². The molecule has 0 amide bonds. The van der Waals surface area contributed by atoms with Crippen molar-refractivity contribution in [1.29, 1.82) is 0 Å². The number of aliphatic hydroxyl groups excluding tert-OH is 3. The van der Waals surface area contributed by atoms with Crippen molar-refractivity contribution < 1.29 is 61.9 Å². The van der Waals surface area contributed by atoms with Gasteiger partial charge in [-0.3, -0.25) is 18.6 Å². The highest BCUT2D eigenvalue weighted by atomic mass is 32.2. The van der Waals surface area contributed by atoms with E-state index in [-0.39, 0.29) is 129 Å². The van der Waals surface area contributed by atoms with Crippen molar-refractivity contribution in [3.05, 3.63) is 66.0 Å². The van der Waals surface area contributed by atoms with E-state index in [1.807, 2.05) is 0 Å². The van der Waals surface area contributed by atoms with Crippen LogP contribution in [0.1, 0.15) is 47.6 Å². The molecule has 0 bridgehead atoms. The van der Waals surface area contributed by atoms with E-state index in [0.717, 1.165) is 12.1 Å². The number of fused-ring (bicyclic) bond motifs is 1. The number of hydrogen-bond acceptors (Lipinski definition) is 15. The number of aromatic hydroxyl groups is 2. The number of rotatable bonds is 19. The zero-order chi connectivity index (χ0) is 39.8. The second-order valence-electron chi connectivity index (χ2n) is 13.2. The Labute approximate surface area is 314 Å². The summed E-state index contributed by atoms with van der Waals surface area (Å²) in [6.07, 6.45) is 1.26. The lowest BCUT2D eigenvalue weighted by Crippen LogP contribution is -2.18. The number of carbonyl (C=O) groups excluding carboxylic acids is 1. The van der Waals surface area contributed by atoms with E-state index in [1.54, 1.807) is 13.0 Å². The molecule has 0 saturated carbocycles. The minimum atomic E-state index is -4.24. The van der Waals surface area contributed by atoms with Crippen LogP contribution in [0.5, 0.6) is 17.2 Å². The summed E-state index contributed by atoms with van der Waals surface area (Å²) >= 11 is 0. The van der Waals surface area contributed by atoms with Crippen LogP contribution in [0.15, 0.2) is 27.3 Å². The van der Waals surface area contributed by atoms with E-state index in [4.69, 9.17) is 28.2 Å². The minimum Gasteiger partial charge on any atom is -0.507 e. The molecule has 0 saturated heterocycles. The van der Waals surface area contributed by atoms with Gasteiger partial charge in [0.2, 0.25) is 0 Å². The van der Waals surface area contributed by atoms with Crippen molar-refractivity contribution in [2.45, 2.75) is 39.4 Å². The molecule has 55 heavy (non-hydrogen) atoms. The normalized spacial score (nSPS) is 14.5. The van der Waals surface area contributed by atoms with Gasteiger partial charge in [-0.1, -0.05) is 11.6 Å². The largest absolute Gasteiger partial charge is 0.507 e. The lowest BCUT2D eigenvalue weighted by Gasteiger charge is -2.25. The van der Waals surface area contributed by atoms with Gasteiger partial charge in [0, 0.05) is 21.9 Å². The summed E-state index contributed by atoms with van der Waals surface area (Å²) in [6, 6.07) is 2.28. The van der Waals surface area contributed by atoms with Crippen molar-refractivity contribution in [2.75, 3.05) is 65.7 Å². The molecular formula is C39H42O15S.